The molecule has 1 heterocycles. The third-order valence-electron chi connectivity index (χ3n) is 4.04. The number of rotatable bonds is 3. The predicted octanol–water partition coefficient (Wildman–Crippen LogP) is 2.74. The lowest BCUT2D eigenvalue weighted by Gasteiger charge is -2.49. The van der Waals surface area contributed by atoms with E-state index in [9.17, 15) is 0 Å². The Hall–Kier alpha value is -0.670. The van der Waals surface area contributed by atoms with Crippen LogP contribution in [0.2, 0.25) is 0 Å². The lowest BCUT2D eigenvalue weighted by Crippen LogP contribution is -2.59. The Labute approximate surface area is 109 Å². The van der Waals surface area contributed by atoms with Gasteiger partial charge in [0.2, 0.25) is 0 Å². The molecule has 2 rings (SSSR count). The first-order valence-corrected chi connectivity index (χ1v) is 7.36. The number of hydrogen-bond acceptors (Lipinski definition) is 3. The number of thioether (sulfide) groups is 1. The number of anilines is 1. The van der Waals surface area contributed by atoms with Gasteiger partial charge in [-0.05, 0) is 30.7 Å². The minimum atomic E-state index is 0.115. The van der Waals surface area contributed by atoms with Gasteiger partial charge in [-0.15, -0.1) is 0 Å². The van der Waals surface area contributed by atoms with E-state index in [1.54, 1.807) is 0 Å². The zero-order valence-corrected chi connectivity index (χ0v) is 11.5. The fraction of sp³-hybridized carbons (Fsp3) is 0.571. The molecule has 2 N–H and O–H groups in total. The molecule has 1 fully saturated rings. The van der Waals surface area contributed by atoms with Gasteiger partial charge in [0, 0.05) is 24.5 Å². The molecule has 0 radical (unpaired) electrons. The first kappa shape index (κ1) is 12.8. The second kappa shape index (κ2) is 5.32. The van der Waals surface area contributed by atoms with Crippen molar-refractivity contribution in [1.29, 1.82) is 0 Å². The lowest BCUT2D eigenvalue weighted by atomic mass is 9.87. The molecule has 0 saturated carbocycles. The summed E-state index contributed by atoms with van der Waals surface area (Å²) in [5, 5.41) is 0.589. The quantitative estimate of drug-likeness (QED) is 0.894. The van der Waals surface area contributed by atoms with E-state index < -0.39 is 0 Å². The van der Waals surface area contributed by atoms with Gasteiger partial charge in [-0.2, -0.15) is 11.8 Å². The monoisotopic (exact) mass is 250 g/mol. The van der Waals surface area contributed by atoms with Gasteiger partial charge >= 0.3 is 0 Å². The normalized spacial score (nSPS) is 29.0. The number of likely N-dealkylation sites (N-methyl/N-ethyl adjacent to an activating group) is 1. The van der Waals surface area contributed by atoms with Crippen LogP contribution in [0.1, 0.15) is 19.8 Å². The number of hydrogen-bond donors (Lipinski definition) is 1. The van der Waals surface area contributed by atoms with Crippen molar-refractivity contribution in [2.24, 2.45) is 5.73 Å². The van der Waals surface area contributed by atoms with E-state index in [1.807, 2.05) is 0 Å². The third-order valence-corrected chi connectivity index (χ3v) is 5.51. The molecule has 1 aromatic carbocycles. The van der Waals surface area contributed by atoms with Gasteiger partial charge in [0.1, 0.15) is 0 Å². The Bertz CT molecular complexity index is 354. The van der Waals surface area contributed by atoms with Gasteiger partial charge in [0.05, 0.1) is 5.54 Å². The molecule has 2 nitrogen and oxygen atoms in total. The molecule has 3 heteroatoms. The fourth-order valence-corrected chi connectivity index (χ4v) is 4.10. The summed E-state index contributed by atoms with van der Waals surface area (Å²) in [7, 11) is 2.19. The number of nitrogens with zero attached hydrogens (tertiary/aromatic N) is 1. The third kappa shape index (κ3) is 2.31. The Morgan fingerprint density at radius 3 is 2.71 bits per heavy atom. The second-order valence-corrected chi connectivity index (χ2v) is 6.27. The fourth-order valence-electron chi connectivity index (χ4n) is 2.75. The summed E-state index contributed by atoms with van der Waals surface area (Å²) in [6, 6.07) is 10.6. The average molecular weight is 250 g/mol. The Morgan fingerprint density at radius 2 is 2.12 bits per heavy atom. The van der Waals surface area contributed by atoms with Crippen LogP contribution in [0, 0.1) is 0 Å². The summed E-state index contributed by atoms with van der Waals surface area (Å²) >= 11 is 2.05. The predicted molar refractivity (Wildman–Crippen MR) is 77.8 cm³/mol. The van der Waals surface area contributed by atoms with E-state index in [4.69, 9.17) is 5.73 Å². The van der Waals surface area contributed by atoms with Crippen LogP contribution in [-0.2, 0) is 0 Å². The summed E-state index contributed by atoms with van der Waals surface area (Å²) in [5.41, 5.74) is 7.50. The maximum absolute atomic E-state index is 6.11. The van der Waals surface area contributed by atoms with Crippen molar-refractivity contribution in [3.05, 3.63) is 30.3 Å². The van der Waals surface area contributed by atoms with Gasteiger partial charge in [-0.3, -0.25) is 0 Å². The van der Waals surface area contributed by atoms with Crippen LogP contribution in [0.4, 0.5) is 5.69 Å². The van der Waals surface area contributed by atoms with Crippen molar-refractivity contribution in [1.82, 2.24) is 0 Å². The van der Waals surface area contributed by atoms with Crippen LogP contribution >= 0.6 is 11.8 Å². The molecule has 0 bridgehead atoms. The summed E-state index contributed by atoms with van der Waals surface area (Å²) in [4.78, 5) is 2.39. The highest BCUT2D eigenvalue weighted by Gasteiger charge is 2.41. The maximum Gasteiger partial charge on any atom is 0.0636 e. The molecule has 1 aliphatic heterocycles. The van der Waals surface area contributed by atoms with Gasteiger partial charge in [-0.1, -0.05) is 25.1 Å². The molecule has 2 atom stereocenters. The summed E-state index contributed by atoms with van der Waals surface area (Å²) in [6.07, 6.45) is 2.46. The highest BCUT2D eigenvalue weighted by Crippen LogP contribution is 2.39. The molecule has 94 valence electrons. The van der Waals surface area contributed by atoms with Crippen molar-refractivity contribution < 1.29 is 0 Å². The van der Waals surface area contributed by atoms with Crippen molar-refractivity contribution in [2.75, 3.05) is 24.2 Å². The Morgan fingerprint density at radius 1 is 1.41 bits per heavy atom. The summed E-state index contributed by atoms with van der Waals surface area (Å²) in [6.45, 7) is 3.04. The van der Waals surface area contributed by atoms with E-state index in [-0.39, 0.29) is 5.54 Å². The van der Waals surface area contributed by atoms with Gasteiger partial charge in [0.15, 0.2) is 0 Å². The van der Waals surface area contributed by atoms with Crippen molar-refractivity contribution in [3.8, 4) is 0 Å². The number of para-hydroxylation sites is 1. The molecular weight excluding hydrogens is 228 g/mol. The maximum atomic E-state index is 6.11. The van der Waals surface area contributed by atoms with Crippen LogP contribution in [-0.4, -0.2) is 30.1 Å². The largest absolute Gasteiger partial charge is 0.367 e. The number of benzene rings is 1. The topological polar surface area (TPSA) is 29.3 Å². The molecule has 1 saturated heterocycles. The van der Waals surface area contributed by atoms with Crippen molar-refractivity contribution in [3.63, 3.8) is 0 Å². The van der Waals surface area contributed by atoms with E-state index >= 15 is 0 Å². The smallest absolute Gasteiger partial charge is 0.0636 e. The van der Waals surface area contributed by atoms with E-state index in [0.29, 0.717) is 5.25 Å². The summed E-state index contributed by atoms with van der Waals surface area (Å²) in [5.74, 6) is 1.27. The molecule has 1 aromatic rings. The van der Waals surface area contributed by atoms with Gasteiger partial charge in [-0.25, -0.2) is 0 Å². The first-order chi connectivity index (χ1) is 8.20. The highest BCUT2D eigenvalue weighted by molar-refractivity contribution is 8.00. The van der Waals surface area contributed by atoms with Crippen molar-refractivity contribution >= 4 is 17.4 Å². The molecule has 0 spiro atoms. The van der Waals surface area contributed by atoms with Gasteiger partial charge < -0.3 is 10.6 Å². The number of nitrogens with two attached hydrogens (primary N) is 1. The van der Waals surface area contributed by atoms with E-state index in [0.717, 1.165) is 6.54 Å². The Kier molecular flexibility index (Phi) is 4.00. The van der Waals surface area contributed by atoms with E-state index in [2.05, 4.69) is 61.0 Å². The molecule has 17 heavy (non-hydrogen) atoms. The van der Waals surface area contributed by atoms with Gasteiger partial charge in [0.25, 0.3) is 0 Å². The molecule has 1 aliphatic rings. The van der Waals surface area contributed by atoms with Crippen LogP contribution in [0.5, 0.6) is 0 Å². The van der Waals surface area contributed by atoms with Crippen LogP contribution in [0.25, 0.3) is 0 Å². The lowest BCUT2D eigenvalue weighted by molar-refractivity contribution is 0.367. The van der Waals surface area contributed by atoms with Crippen LogP contribution in [0.15, 0.2) is 30.3 Å². The van der Waals surface area contributed by atoms with E-state index in [1.165, 1.54) is 24.3 Å². The second-order valence-electron chi connectivity index (χ2n) is 4.82. The molecular formula is C14H22N2S. The van der Waals surface area contributed by atoms with Crippen LogP contribution in [0.3, 0.4) is 0 Å². The zero-order valence-electron chi connectivity index (χ0n) is 10.7. The summed E-state index contributed by atoms with van der Waals surface area (Å²) < 4.78 is 0. The molecule has 2 unspecified atom stereocenters. The molecule has 0 aliphatic carbocycles. The molecule has 0 aromatic heterocycles. The minimum absolute atomic E-state index is 0.115. The highest BCUT2D eigenvalue weighted by atomic mass is 32.2. The SMILES string of the molecule is CC1SCCCC1(CN)N(C)c1ccccc1. The standard InChI is InChI=1S/C14H22N2S/c1-12-14(11-15,9-6-10-17-12)16(2)13-7-4-3-5-8-13/h3-5,7-8,12H,6,9-11,15H2,1-2H3. The Balaban J connectivity index is 2.28. The zero-order chi connectivity index (χ0) is 12.3. The minimum Gasteiger partial charge on any atom is -0.367 e. The first-order valence-electron chi connectivity index (χ1n) is 6.31. The average Bonchev–Trinajstić information content (AvgIpc) is 2.40. The van der Waals surface area contributed by atoms with Crippen molar-refractivity contribution in [2.45, 2.75) is 30.6 Å². The molecule has 0 amide bonds. The van der Waals surface area contributed by atoms with Crippen LogP contribution < -0.4 is 10.6 Å².